The number of rotatable bonds is 8. The van der Waals surface area contributed by atoms with Crippen molar-refractivity contribution in [3.05, 3.63) is 117 Å². The molecule has 9 nitrogen and oxygen atoms in total. The van der Waals surface area contributed by atoms with Gasteiger partial charge < -0.3 is 19.3 Å². The molecule has 1 saturated carbocycles. The van der Waals surface area contributed by atoms with E-state index in [4.69, 9.17) is 21.1 Å². The van der Waals surface area contributed by atoms with Crippen LogP contribution in [0, 0.1) is 24.5 Å². The lowest BCUT2D eigenvalue weighted by Gasteiger charge is -2.42. The molecule has 8 rings (SSSR count). The molecule has 3 fully saturated rings. The SMILES string of the molecule is Cc1cc2c(cc1Cl)C1(CCN(C(=O)[C@@H]3C[C@H](N(C(=O)OCc4ccccc4)C4CCOCC4)C[C@H]3c3ccc(F)cc3F)CC1)C[C@@H]2C(C)(C)c1ncnn1C. The molecule has 2 aliphatic heterocycles. The molecule has 0 N–H and O–H groups in total. The van der Waals surface area contributed by atoms with Crippen LogP contribution >= 0.6 is 11.6 Å². The van der Waals surface area contributed by atoms with E-state index in [-0.39, 0.29) is 41.3 Å². The van der Waals surface area contributed by atoms with Gasteiger partial charge in [0.15, 0.2) is 0 Å². The Hall–Kier alpha value is -4.35. The van der Waals surface area contributed by atoms with E-state index in [9.17, 15) is 14.0 Å². The predicted molar refractivity (Wildman–Crippen MR) is 213 cm³/mol. The third-order valence-electron chi connectivity index (χ3n) is 13.7. The lowest BCUT2D eigenvalue weighted by Crippen LogP contribution is -2.49. The summed E-state index contributed by atoms with van der Waals surface area (Å²) in [6.07, 6.45) is 5.54. The summed E-state index contributed by atoms with van der Waals surface area (Å²) < 4.78 is 43.4. The summed E-state index contributed by atoms with van der Waals surface area (Å²) in [5.41, 5.74) is 4.23. The number of amides is 2. The van der Waals surface area contributed by atoms with E-state index in [1.165, 1.54) is 23.3 Å². The van der Waals surface area contributed by atoms with Gasteiger partial charge in [0.25, 0.3) is 0 Å². The van der Waals surface area contributed by atoms with Crippen molar-refractivity contribution < 1.29 is 27.8 Å². The van der Waals surface area contributed by atoms with Crippen LogP contribution in [0.15, 0.2) is 67.0 Å². The van der Waals surface area contributed by atoms with Crippen molar-refractivity contribution >= 4 is 23.6 Å². The Morgan fingerprint density at radius 2 is 1.74 bits per heavy atom. The van der Waals surface area contributed by atoms with E-state index in [2.05, 4.69) is 36.1 Å². The van der Waals surface area contributed by atoms with E-state index in [1.807, 2.05) is 53.9 Å². The number of hydrogen-bond acceptors (Lipinski definition) is 6. The second kappa shape index (κ2) is 15.8. The summed E-state index contributed by atoms with van der Waals surface area (Å²) >= 11 is 6.82. The van der Waals surface area contributed by atoms with Gasteiger partial charge >= 0.3 is 6.09 Å². The van der Waals surface area contributed by atoms with Crippen molar-refractivity contribution in [3.8, 4) is 0 Å². The third kappa shape index (κ3) is 7.46. The quantitative estimate of drug-likeness (QED) is 0.177. The zero-order chi connectivity index (χ0) is 40.1. The standard InChI is InChI=1S/C45H52ClF2N5O4/c1-28-20-36-37(24-39(28)46)45(25-38(36)44(2,3)42-49-27-50-51(42)4)14-16-52(17-15-45)41(54)35-23-32(22-34(35)33-11-10-30(47)21-40(33)48)53(31-12-18-56-19-13-31)43(55)57-26-29-8-6-5-7-9-29/h5-11,20-21,24,27,31-32,34-35,38H,12-19,22-23,25-26H2,1-4H3/t32-,34+,35-,38+/m1/s1. The topological polar surface area (TPSA) is 89.8 Å². The number of benzene rings is 3. The molecule has 3 heterocycles. The molecule has 4 aromatic rings. The molecule has 4 aliphatic rings. The third-order valence-corrected chi connectivity index (χ3v) is 14.1. The fourth-order valence-corrected chi connectivity index (χ4v) is 10.8. The van der Waals surface area contributed by atoms with Gasteiger partial charge in [0, 0.05) is 73.8 Å². The first-order valence-corrected chi connectivity index (χ1v) is 20.7. The number of aryl methyl sites for hydroxylation is 2. The Morgan fingerprint density at radius 1 is 1.00 bits per heavy atom. The molecule has 2 aliphatic carbocycles. The van der Waals surface area contributed by atoms with Crippen LogP contribution < -0.4 is 0 Å². The molecule has 2 amide bonds. The van der Waals surface area contributed by atoms with Crippen LogP contribution in [-0.4, -0.2) is 75.0 Å². The summed E-state index contributed by atoms with van der Waals surface area (Å²) in [6, 6.07) is 17.0. The number of likely N-dealkylation sites (tertiary alicyclic amines) is 1. The molecule has 57 heavy (non-hydrogen) atoms. The summed E-state index contributed by atoms with van der Waals surface area (Å²) in [5.74, 6) is -1.47. The first-order valence-electron chi connectivity index (χ1n) is 20.3. The van der Waals surface area contributed by atoms with Crippen molar-refractivity contribution in [1.82, 2.24) is 24.6 Å². The van der Waals surface area contributed by atoms with Crippen molar-refractivity contribution in [2.75, 3.05) is 26.3 Å². The molecule has 0 bridgehead atoms. The molecule has 12 heteroatoms. The fourth-order valence-electron chi connectivity index (χ4n) is 10.6. The van der Waals surface area contributed by atoms with Crippen molar-refractivity contribution in [1.29, 1.82) is 0 Å². The number of hydrogen-bond donors (Lipinski definition) is 0. The molecule has 3 aromatic carbocycles. The van der Waals surface area contributed by atoms with Gasteiger partial charge in [-0.05, 0) is 103 Å². The molecule has 4 atom stereocenters. The lowest BCUT2D eigenvalue weighted by atomic mass is 9.69. The first-order chi connectivity index (χ1) is 27.4. The normalized spacial score (nSPS) is 23.5. The van der Waals surface area contributed by atoms with Crippen molar-refractivity contribution in [2.45, 2.75) is 107 Å². The number of aromatic nitrogens is 3. The minimum atomic E-state index is -0.674. The molecular formula is C45H52ClF2N5O4. The highest BCUT2D eigenvalue weighted by Gasteiger charge is 2.53. The maximum atomic E-state index is 15.7. The zero-order valence-corrected chi connectivity index (χ0v) is 34.0. The van der Waals surface area contributed by atoms with Crippen LogP contribution in [0.25, 0.3) is 0 Å². The number of nitrogens with zero attached hydrogens (tertiary/aromatic N) is 5. The molecule has 2 saturated heterocycles. The van der Waals surface area contributed by atoms with Crippen molar-refractivity contribution in [2.24, 2.45) is 13.0 Å². The van der Waals surface area contributed by atoms with Gasteiger partial charge in [-0.3, -0.25) is 9.48 Å². The van der Waals surface area contributed by atoms with E-state index in [0.29, 0.717) is 57.6 Å². The van der Waals surface area contributed by atoms with Crippen LogP contribution in [0.2, 0.25) is 5.02 Å². The number of carbonyl (C=O) groups excluding carboxylic acids is 2. The molecule has 0 radical (unpaired) electrons. The van der Waals surface area contributed by atoms with Crippen LogP contribution in [0.3, 0.4) is 0 Å². The second-order valence-electron chi connectivity index (χ2n) is 17.3. The Kier molecular flexibility index (Phi) is 10.9. The largest absolute Gasteiger partial charge is 0.445 e. The number of carbonyl (C=O) groups is 2. The minimum absolute atomic E-state index is 0.0539. The lowest BCUT2D eigenvalue weighted by molar-refractivity contribution is -0.137. The maximum Gasteiger partial charge on any atom is 0.410 e. The molecule has 0 unspecified atom stereocenters. The fraction of sp³-hybridized carbons (Fsp3) is 0.511. The monoisotopic (exact) mass is 799 g/mol. The highest BCUT2D eigenvalue weighted by Crippen LogP contribution is 2.58. The number of piperidine rings is 1. The molecule has 302 valence electrons. The Bertz CT molecular complexity index is 2110. The van der Waals surface area contributed by atoms with E-state index in [1.54, 1.807) is 11.2 Å². The number of ether oxygens (including phenoxy) is 2. The van der Waals surface area contributed by atoms with E-state index >= 15 is 4.39 Å². The van der Waals surface area contributed by atoms with E-state index < -0.39 is 29.6 Å². The molecule has 1 aromatic heterocycles. The smallest absolute Gasteiger partial charge is 0.410 e. The average Bonchev–Trinajstić information content (AvgIpc) is 3.92. The number of halogens is 3. The number of fused-ring (bicyclic) bond motifs is 2. The first kappa shape index (κ1) is 39.5. The van der Waals surface area contributed by atoms with Gasteiger partial charge in [-0.15, -0.1) is 0 Å². The van der Waals surface area contributed by atoms with Gasteiger partial charge in [-0.2, -0.15) is 5.10 Å². The van der Waals surface area contributed by atoms with E-state index in [0.717, 1.165) is 47.3 Å². The summed E-state index contributed by atoms with van der Waals surface area (Å²) in [4.78, 5) is 37.3. The Labute approximate surface area is 338 Å². The van der Waals surface area contributed by atoms with Crippen LogP contribution in [0.4, 0.5) is 13.6 Å². The van der Waals surface area contributed by atoms with Gasteiger partial charge in [0.05, 0.1) is 0 Å². The second-order valence-corrected chi connectivity index (χ2v) is 17.7. The maximum absolute atomic E-state index is 15.7. The van der Waals surface area contributed by atoms with Crippen molar-refractivity contribution in [3.63, 3.8) is 0 Å². The van der Waals surface area contributed by atoms with Crippen LogP contribution in [-0.2, 0) is 38.8 Å². The zero-order valence-electron chi connectivity index (χ0n) is 33.2. The Balaban J connectivity index is 1.06. The summed E-state index contributed by atoms with van der Waals surface area (Å²) in [7, 11) is 1.93. The van der Waals surface area contributed by atoms with Gasteiger partial charge in [0.1, 0.15) is 30.4 Å². The molecular weight excluding hydrogens is 748 g/mol. The highest BCUT2D eigenvalue weighted by atomic mass is 35.5. The summed E-state index contributed by atoms with van der Waals surface area (Å²) in [6.45, 7) is 8.72. The predicted octanol–water partition coefficient (Wildman–Crippen LogP) is 8.76. The van der Waals surface area contributed by atoms with Gasteiger partial charge in [0.2, 0.25) is 5.91 Å². The molecule has 1 spiro atoms. The van der Waals surface area contributed by atoms with Gasteiger partial charge in [-0.25, -0.2) is 18.6 Å². The van der Waals surface area contributed by atoms with Gasteiger partial charge in [-0.1, -0.05) is 67.9 Å². The van der Waals surface area contributed by atoms with Crippen LogP contribution in [0.1, 0.15) is 104 Å². The van der Waals surface area contributed by atoms with Crippen LogP contribution in [0.5, 0.6) is 0 Å². The Morgan fingerprint density at radius 3 is 2.42 bits per heavy atom. The highest BCUT2D eigenvalue weighted by molar-refractivity contribution is 6.31. The minimum Gasteiger partial charge on any atom is -0.445 e. The summed E-state index contributed by atoms with van der Waals surface area (Å²) in [5, 5.41) is 5.13. The average molecular weight is 800 g/mol.